The van der Waals surface area contributed by atoms with Crippen molar-refractivity contribution < 1.29 is 49.5 Å². The van der Waals surface area contributed by atoms with Gasteiger partial charge in [-0.1, -0.05) is 0 Å². The normalized spacial score (nSPS) is 0. The van der Waals surface area contributed by atoms with Crippen LogP contribution in [0.15, 0.2) is 0 Å². The quantitative estimate of drug-likeness (QED) is 0.438. The van der Waals surface area contributed by atoms with E-state index in [1.165, 1.54) is 0 Å². The van der Waals surface area contributed by atoms with Crippen LogP contribution in [-0.4, -0.2) is 39.6 Å². The molecule has 0 nitrogen and oxygen atoms in total. The van der Waals surface area contributed by atoms with Crippen LogP contribution in [0.2, 0.25) is 0 Å². The monoisotopic (exact) mass is 318 g/mol. The third-order valence-electron chi connectivity index (χ3n) is 0. The SMILES string of the molecule is [GaH3].[GaH3].[Ni].[Ni].[Ni]. The molecule has 0 atom stereocenters. The Hall–Kier alpha value is 2.75. The van der Waals surface area contributed by atoms with Crippen molar-refractivity contribution in [3.05, 3.63) is 0 Å². The summed E-state index contributed by atoms with van der Waals surface area (Å²) < 4.78 is 0. The van der Waals surface area contributed by atoms with E-state index < -0.39 is 0 Å². The Morgan fingerprint density at radius 3 is 0.400 bits per heavy atom. The summed E-state index contributed by atoms with van der Waals surface area (Å²) >= 11 is 0. The van der Waals surface area contributed by atoms with Crippen LogP contribution in [0.4, 0.5) is 0 Å². The van der Waals surface area contributed by atoms with Gasteiger partial charge in [-0.2, -0.15) is 0 Å². The molecule has 5 heteroatoms. The summed E-state index contributed by atoms with van der Waals surface area (Å²) in [6.45, 7) is 0. The molecule has 0 aliphatic heterocycles. The van der Waals surface area contributed by atoms with Crippen LogP contribution in [0.1, 0.15) is 0 Å². The average molecular weight is 322 g/mol. The molecule has 0 aliphatic rings. The van der Waals surface area contributed by atoms with Crippen LogP contribution in [0, 0.1) is 0 Å². The second-order valence-electron chi connectivity index (χ2n) is 0. The molecule has 0 spiro atoms. The van der Waals surface area contributed by atoms with Crippen molar-refractivity contribution in [3.63, 3.8) is 0 Å². The van der Waals surface area contributed by atoms with E-state index in [2.05, 4.69) is 0 Å². The zero-order valence-electron chi connectivity index (χ0n) is 0.949. The summed E-state index contributed by atoms with van der Waals surface area (Å²) in [6.07, 6.45) is 0. The van der Waals surface area contributed by atoms with Crippen molar-refractivity contribution in [1.29, 1.82) is 0 Å². The van der Waals surface area contributed by atoms with E-state index in [9.17, 15) is 0 Å². The van der Waals surface area contributed by atoms with E-state index in [-0.39, 0.29) is 89.1 Å². The van der Waals surface area contributed by atoms with Gasteiger partial charge in [0.15, 0.2) is 0 Å². The Morgan fingerprint density at radius 2 is 0.400 bits per heavy atom. The van der Waals surface area contributed by atoms with E-state index in [4.69, 9.17) is 0 Å². The van der Waals surface area contributed by atoms with Crippen LogP contribution in [-0.2, 0) is 49.5 Å². The molecule has 0 N–H and O–H groups in total. The Morgan fingerprint density at radius 1 is 0.400 bits per heavy atom. The molecule has 0 heterocycles. The Balaban J connectivity index is 0. The summed E-state index contributed by atoms with van der Waals surface area (Å²) in [6, 6.07) is 0. The van der Waals surface area contributed by atoms with Gasteiger partial charge in [-0.05, 0) is 0 Å². The molecule has 0 unspecified atom stereocenters. The van der Waals surface area contributed by atoms with Gasteiger partial charge in [0, 0.05) is 49.5 Å². The molecule has 0 amide bonds. The van der Waals surface area contributed by atoms with Crippen molar-refractivity contribution in [2.24, 2.45) is 0 Å². The summed E-state index contributed by atoms with van der Waals surface area (Å²) in [4.78, 5) is 0. The first kappa shape index (κ1) is 46.6. The molecule has 0 aromatic rings. The van der Waals surface area contributed by atoms with Gasteiger partial charge >= 0.3 is 39.6 Å². The van der Waals surface area contributed by atoms with Crippen LogP contribution >= 0.6 is 0 Å². The minimum atomic E-state index is 0. The van der Waals surface area contributed by atoms with E-state index in [0.717, 1.165) is 0 Å². The zero-order chi connectivity index (χ0) is 0. The molecule has 0 aromatic heterocycles. The van der Waals surface area contributed by atoms with Crippen LogP contribution in [0.3, 0.4) is 0 Å². The molecular weight excluding hydrogens is 316 g/mol. The second-order valence-corrected chi connectivity index (χ2v) is 0. The number of hydrogen-bond donors (Lipinski definition) is 0. The van der Waals surface area contributed by atoms with Crippen molar-refractivity contribution in [2.45, 2.75) is 0 Å². The predicted molar refractivity (Wildman–Crippen MR) is 19.9 cm³/mol. The zero-order valence-corrected chi connectivity index (χ0v) is 3.91. The fourth-order valence-corrected chi connectivity index (χ4v) is 0. The molecule has 0 radical (unpaired) electrons. The fourth-order valence-electron chi connectivity index (χ4n) is 0. The van der Waals surface area contributed by atoms with Gasteiger partial charge in [-0.25, -0.2) is 0 Å². The molecule has 5 heavy (non-hydrogen) atoms. The maximum Gasteiger partial charge on any atom is 0 e. The molecule has 0 aromatic carbocycles. The minimum absolute atomic E-state index is 0. The summed E-state index contributed by atoms with van der Waals surface area (Å²) in [5, 5.41) is 0. The molecule has 0 saturated heterocycles. The molecule has 0 fully saturated rings. The molecule has 0 rings (SSSR count). The van der Waals surface area contributed by atoms with Crippen LogP contribution < -0.4 is 0 Å². The summed E-state index contributed by atoms with van der Waals surface area (Å²) in [5.41, 5.74) is 0. The van der Waals surface area contributed by atoms with Gasteiger partial charge in [0.25, 0.3) is 0 Å². The third-order valence-corrected chi connectivity index (χ3v) is 0. The summed E-state index contributed by atoms with van der Waals surface area (Å²) in [5.74, 6) is 0. The number of hydrogen-bond acceptors (Lipinski definition) is 0. The Bertz CT molecular complexity index is 4.85. The first-order chi connectivity index (χ1) is 0. The second kappa shape index (κ2) is 29.5. The first-order valence-corrected chi connectivity index (χ1v) is 0. The van der Waals surface area contributed by atoms with Crippen LogP contribution in [0.25, 0.3) is 0 Å². The van der Waals surface area contributed by atoms with E-state index >= 15 is 0 Å². The average Bonchev–Trinajstić information content (AvgIpc) is 0. The summed E-state index contributed by atoms with van der Waals surface area (Å²) in [7, 11) is 0. The number of rotatable bonds is 0. The van der Waals surface area contributed by atoms with Crippen molar-refractivity contribution in [2.75, 3.05) is 0 Å². The standard InChI is InChI=1S/2Ga.3Ni.6H. The van der Waals surface area contributed by atoms with Gasteiger partial charge in [0.1, 0.15) is 0 Å². The van der Waals surface area contributed by atoms with Crippen LogP contribution in [0.5, 0.6) is 0 Å². The van der Waals surface area contributed by atoms with Crippen molar-refractivity contribution in [3.8, 4) is 0 Å². The fraction of sp³-hybridized carbons (Fsp3) is 0. The molecular formula is H6Ga2Ni3. The molecule has 0 saturated carbocycles. The maximum atomic E-state index is 0. The van der Waals surface area contributed by atoms with Gasteiger partial charge < -0.3 is 0 Å². The largest absolute Gasteiger partial charge is 0 e. The van der Waals surface area contributed by atoms with E-state index in [0.29, 0.717) is 0 Å². The third kappa shape index (κ3) is 20.1. The minimum Gasteiger partial charge on any atom is 0 e. The van der Waals surface area contributed by atoms with Gasteiger partial charge in [0.05, 0.1) is 0 Å². The Labute approximate surface area is 87.9 Å². The first-order valence-electron chi connectivity index (χ1n) is 0. The van der Waals surface area contributed by atoms with Gasteiger partial charge in [-0.15, -0.1) is 0 Å². The molecule has 42 valence electrons. The topological polar surface area (TPSA) is 0 Å². The van der Waals surface area contributed by atoms with Gasteiger partial charge in [-0.3, -0.25) is 0 Å². The molecule has 0 bridgehead atoms. The van der Waals surface area contributed by atoms with Crippen molar-refractivity contribution >= 4 is 39.6 Å². The predicted octanol–water partition coefficient (Wildman–Crippen LogP) is -2.38. The van der Waals surface area contributed by atoms with Gasteiger partial charge in [0.2, 0.25) is 0 Å². The molecule has 0 aliphatic carbocycles. The smallest absolute Gasteiger partial charge is 0 e. The maximum absolute atomic E-state index is 0. The van der Waals surface area contributed by atoms with E-state index in [1.807, 2.05) is 0 Å². The Kier molecular flexibility index (Phi) is 275. The van der Waals surface area contributed by atoms with Crippen molar-refractivity contribution in [1.82, 2.24) is 0 Å². The van der Waals surface area contributed by atoms with E-state index in [1.54, 1.807) is 0 Å².